The Bertz CT molecular complexity index is 521. The van der Waals surface area contributed by atoms with E-state index in [-0.39, 0.29) is 0 Å². The molecule has 2 aromatic rings. The van der Waals surface area contributed by atoms with Gasteiger partial charge < -0.3 is 10.8 Å². The second-order valence-corrected chi connectivity index (χ2v) is 4.99. The second-order valence-electron chi connectivity index (χ2n) is 2.79. The van der Waals surface area contributed by atoms with E-state index in [1.165, 1.54) is 11.3 Å². The smallest absolute Gasteiger partial charge is 0.336 e. The summed E-state index contributed by atoms with van der Waals surface area (Å²) in [5, 5.41) is 10.5. The largest absolute Gasteiger partial charge is 0.478 e. The zero-order chi connectivity index (χ0) is 10.3. The molecule has 3 nitrogen and oxygen atoms in total. The van der Waals surface area contributed by atoms with Crippen LogP contribution in [0.1, 0.15) is 10.4 Å². The Labute approximate surface area is 97.7 Å². The summed E-state index contributed by atoms with van der Waals surface area (Å²) in [5.41, 5.74) is 5.98. The van der Waals surface area contributed by atoms with Crippen molar-refractivity contribution in [1.29, 1.82) is 0 Å². The molecule has 0 atom stereocenters. The van der Waals surface area contributed by atoms with Crippen molar-refractivity contribution in [2.45, 2.75) is 0 Å². The van der Waals surface area contributed by atoms with Gasteiger partial charge in [0.1, 0.15) is 0 Å². The van der Waals surface area contributed by atoms with Crippen LogP contribution in [0.25, 0.3) is 10.1 Å². The maximum Gasteiger partial charge on any atom is 0.336 e. The van der Waals surface area contributed by atoms with Gasteiger partial charge in [0.2, 0.25) is 0 Å². The second kappa shape index (κ2) is 3.39. The minimum Gasteiger partial charge on any atom is -0.478 e. The zero-order valence-corrected chi connectivity index (χ0v) is 9.93. The molecule has 0 unspecified atom stereocenters. The van der Waals surface area contributed by atoms with Gasteiger partial charge >= 0.3 is 5.97 Å². The summed E-state index contributed by atoms with van der Waals surface area (Å²) in [5.74, 6) is -0.902. The van der Waals surface area contributed by atoms with Crippen molar-refractivity contribution in [3.8, 4) is 0 Å². The Kier molecular flexibility index (Phi) is 2.36. The van der Waals surface area contributed by atoms with Crippen molar-refractivity contribution in [3.05, 3.63) is 27.3 Å². The quantitative estimate of drug-likeness (QED) is 0.795. The fourth-order valence-corrected chi connectivity index (χ4v) is 3.14. The molecule has 1 heterocycles. The van der Waals surface area contributed by atoms with E-state index in [4.69, 9.17) is 10.8 Å². The number of hydrogen-bond donors (Lipinski definition) is 2. The van der Waals surface area contributed by atoms with Crippen LogP contribution in [0.15, 0.2) is 18.2 Å². The Morgan fingerprint density at radius 1 is 1.50 bits per heavy atom. The van der Waals surface area contributed by atoms with E-state index in [9.17, 15) is 4.79 Å². The molecular formula is C9H6INO2S. The number of carbonyl (C=O) groups is 1. The molecule has 0 bridgehead atoms. The maximum absolute atomic E-state index is 10.8. The van der Waals surface area contributed by atoms with Crippen LogP contribution in [0, 0.1) is 3.57 Å². The maximum atomic E-state index is 10.8. The number of hydrogen-bond acceptors (Lipinski definition) is 3. The topological polar surface area (TPSA) is 63.3 Å². The number of thiophene rings is 1. The van der Waals surface area contributed by atoms with Gasteiger partial charge in [-0.05, 0) is 40.8 Å². The van der Waals surface area contributed by atoms with Gasteiger partial charge in [-0.3, -0.25) is 0 Å². The van der Waals surface area contributed by atoms with Crippen LogP contribution in [-0.2, 0) is 0 Å². The highest BCUT2D eigenvalue weighted by atomic mass is 127. The predicted octanol–water partition coefficient (Wildman–Crippen LogP) is 2.79. The molecule has 0 aliphatic heterocycles. The SMILES string of the molecule is Nc1cc2c(I)c(C(=O)O)ccc2s1. The molecule has 0 amide bonds. The Morgan fingerprint density at radius 3 is 2.86 bits per heavy atom. The summed E-state index contributed by atoms with van der Waals surface area (Å²) < 4.78 is 1.78. The van der Waals surface area contributed by atoms with Gasteiger partial charge in [-0.15, -0.1) is 11.3 Å². The number of halogens is 1. The lowest BCUT2D eigenvalue weighted by molar-refractivity contribution is 0.0696. The zero-order valence-electron chi connectivity index (χ0n) is 6.95. The third-order valence-corrected chi connectivity index (χ3v) is 3.98. The van der Waals surface area contributed by atoms with E-state index in [0.717, 1.165) is 13.7 Å². The molecule has 0 fully saturated rings. The lowest BCUT2D eigenvalue weighted by Gasteiger charge is -1.99. The van der Waals surface area contributed by atoms with Crippen molar-refractivity contribution in [1.82, 2.24) is 0 Å². The van der Waals surface area contributed by atoms with E-state index in [0.29, 0.717) is 10.6 Å². The number of benzene rings is 1. The Balaban J connectivity index is 2.80. The fraction of sp³-hybridized carbons (Fsp3) is 0. The predicted molar refractivity (Wildman–Crippen MR) is 65.9 cm³/mol. The van der Waals surface area contributed by atoms with E-state index >= 15 is 0 Å². The molecular weight excluding hydrogens is 313 g/mol. The van der Waals surface area contributed by atoms with E-state index in [1.54, 1.807) is 12.1 Å². The van der Waals surface area contributed by atoms with Gasteiger partial charge in [0.15, 0.2) is 0 Å². The van der Waals surface area contributed by atoms with Crippen molar-refractivity contribution < 1.29 is 9.90 Å². The summed E-state index contributed by atoms with van der Waals surface area (Å²) in [6.45, 7) is 0. The highest BCUT2D eigenvalue weighted by Crippen LogP contribution is 2.32. The van der Waals surface area contributed by atoms with Gasteiger partial charge in [-0.25, -0.2) is 4.79 Å². The lowest BCUT2D eigenvalue weighted by Crippen LogP contribution is -1.98. The molecule has 72 valence electrons. The van der Waals surface area contributed by atoms with Crippen LogP contribution in [0.2, 0.25) is 0 Å². The number of fused-ring (bicyclic) bond motifs is 1. The highest BCUT2D eigenvalue weighted by molar-refractivity contribution is 14.1. The molecule has 1 aromatic carbocycles. The highest BCUT2D eigenvalue weighted by Gasteiger charge is 2.12. The monoisotopic (exact) mass is 319 g/mol. The van der Waals surface area contributed by atoms with E-state index in [2.05, 4.69) is 0 Å². The molecule has 3 N–H and O–H groups in total. The van der Waals surface area contributed by atoms with Gasteiger partial charge in [-0.1, -0.05) is 0 Å². The first-order valence-electron chi connectivity index (χ1n) is 3.80. The molecule has 5 heteroatoms. The minimum atomic E-state index is -0.902. The van der Waals surface area contributed by atoms with Crippen LogP contribution < -0.4 is 5.73 Å². The fourth-order valence-electron chi connectivity index (χ4n) is 1.26. The molecule has 0 aliphatic rings. The third-order valence-electron chi connectivity index (χ3n) is 1.88. The molecule has 0 saturated carbocycles. The van der Waals surface area contributed by atoms with E-state index in [1.807, 2.05) is 28.7 Å². The number of nitrogens with two attached hydrogens (primary N) is 1. The number of carboxylic acid groups (broad SMARTS) is 1. The van der Waals surface area contributed by atoms with Crippen molar-refractivity contribution in [3.63, 3.8) is 0 Å². The van der Waals surface area contributed by atoms with Gasteiger partial charge in [0.05, 0.1) is 10.6 Å². The number of aromatic carboxylic acids is 1. The average molecular weight is 319 g/mol. The minimum absolute atomic E-state index is 0.330. The first-order chi connectivity index (χ1) is 6.59. The molecule has 0 saturated heterocycles. The molecule has 1 aromatic heterocycles. The van der Waals surface area contributed by atoms with Crippen molar-refractivity contribution in [2.24, 2.45) is 0 Å². The Morgan fingerprint density at radius 2 is 2.21 bits per heavy atom. The molecule has 2 rings (SSSR count). The first-order valence-corrected chi connectivity index (χ1v) is 5.70. The van der Waals surface area contributed by atoms with Crippen LogP contribution in [-0.4, -0.2) is 11.1 Å². The number of rotatable bonds is 1. The normalized spacial score (nSPS) is 10.6. The summed E-state index contributed by atoms with van der Waals surface area (Å²) in [7, 11) is 0. The lowest BCUT2D eigenvalue weighted by atomic mass is 10.2. The van der Waals surface area contributed by atoms with E-state index < -0.39 is 5.97 Å². The molecule has 14 heavy (non-hydrogen) atoms. The van der Waals surface area contributed by atoms with Crippen molar-refractivity contribution in [2.75, 3.05) is 5.73 Å². The molecule has 0 aliphatic carbocycles. The number of anilines is 1. The first kappa shape index (κ1) is 9.72. The molecule has 0 radical (unpaired) electrons. The van der Waals surface area contributed by atoms with Crippen molar-refractivity contribution >= 4 is 55.0 Å². The summed E-state index contributed by atoms with van der Waals surface area (Å²) in [6, 6.07) is 5.22. The number of carboxylic acids is 1. The third kappa shape index (κ3) is 1.46. The van der Waals surface area contributed by atoms with Crippen LogP contribution in [0.5, 0.6) is 0 Å². The van der Waals surface area contributed by atoms with Crippen LogP contribution >= 0.6 is 33.9 Å². The Hall–Kier alpha value is -0.820. The van der Waals surface area contributed by atoms with Gasteiger partial charge in [0.25, 0.3) is 0 Å². The van der Waals surface area contributed by atoms with Crippen LogP contribution in [0.4, 0.5) is 5.00 Å². The number of nitrogen functional groups attached to an aromatic ring is 1. The standard InChI is InChI=1S/C9H6INO2S/c10-8-4(9(12)13)1-2-6-5(8)3-7(11)14-6/h1-3H,11H2,(H,12,13). The summed E-state index contributed by atoms with van der Waals surface area (Å²) in [6.07, 6.45) is 0. The van der Waals surface area contributed by atoms with Gasteiger partial charge in [0, 0.05) is 13.7 Å². The molecule has 0 spiro atoms. The van der Waals surface area contributed by atoms with Crippen LogP contribution in [0.3, 0.4) is 0 Å². The van der Waals surface area contributed by atoms with Gasteiger partial charge in [-0.2, -0.15) is 0 Å². The average Bonchev–Trinajstić information content (AvgIpc) is 2.46. The summed E-state index contributed by atoms with van der Waals surface area (Å²) in [4.78, 5) is 10.8. The summed E-state index contributed by atoms with van der Waals surface area (Å²) >= 11 is 3.50.